The number of thiocarbonyl (C=S) groups is 1. The van der Waals surface area contributed by atoms with Crippen LogP contribution in [0.1, 0.15) is 30.5 Å². The second-order valence-corrected chi connectivity index (χ2v) is 6.52. The van der Waals surface area contributed by atoms with Crippen LogP contribution in [0, 0.1) is 13.8 Å². The van der Waals surface area contributed by atoms with Gasteiger partial charge in [-0.15, -0.1) is 0 Å². The van der Waals surface area contributed by atoms with Crippen molar-refractivity contribution in [3.8, 4) is 5.75 Å². The minimum atomic E-state index is 0.113. The molecule has 4 heteroatoms. The van der Waals surface area contributed by atoms with Gasteiger partial charge in [-0.3, -0.25) is 0 Å². The Hall–Kier alpha value is -2.07. The fraction of sp³-hybridized carbons (Fsp3) is 0.350. The normalized spacial score (nSPS) is 11.7. The molecule has 2 aromatic carbocycles. The second kappa shape index (κ2) is 8.69. The molecule has 3 nitrogen and oxygen atoms in total. The summed E-state index contributed by atoms with van der Waals surface area (Å²) >= 11 is 5.36. The molecule has 2 rings (SSSR count). The lowest BCUT2D eigenvalue weighted by Gasteiger charge is -2.18. The van der Waals surface area contributed by atoms with Crippen molar-refractivity contribution < 1.29 is 4.74 Å². The molecule has 24 heavy (non-hydrogen) atoms. The van der Waals surface area contributed by atoms with E-state index in [4.69, 9.17) is 17.0 Å². The number of aryl methyl sites for hydroxylation is 3. The molecule has 0 amide bonds. The summed E-state index contributed by atoms with van der Waals surface area (Å²) in [5.41, 5.74) is 4.82. The molecule has 1 atom stereocenters. The van der Waals surface area contributed by atoms with E-state index in [1.165, 1.54) is 16.7 Å². The molecule has 128 valence electrons. The Labute approximate surface area is 150 Å². The molecule has 0 saturated heterocycles. The SMILES string of the molecule is CCc1ccc(NC(=S)N[C@H](C)COc2ccc(C)c(C)c2)cc1. The van der Waals surface area contributed by atoms with Crippen molar-refractivity contribution in [3.05, 3.63) is 59.2 Å². The van der Waals surface area contributed by atoms with Gasteiger partial charge in [0.15, 0.2) is 5.11 Å². The highest BCUT2D eigenvalue weighted by Crippen LogP contribution is 2.16. The van der Waals surface area contributed by atoms with Crippen molar-refractivity contribution >= 4 is 23.0 Å². The number of ether oxygens (including phenoxy) is 1. The molecule has 0 aromatic heterocycles. The van der Waals surface area contributed by atoms with Gasteiger partial charge >= 0.3 is 0 Å². The van der Waals surface area contributed by atoms with Gasteiger partial charge in [0.1, 0.15) is 12.4 Å². The van der Waals surface area contributed by atoms with Crippen LogP contribution in [0.2, 0.25) is 0 Å². The maximum atomic E-state index is 5.84. The highest BCUT2D eigenvalue weighted by molar-refractivity contribution is 7.80. The van der Waals surface area contributed by atoms with Gasteiger partial charge in [-0.25, -0.2) is 0 Å². The Bertz CT molecular complexity index is 683. The van der Waals surface area contributed by atoms with E-state index >= 15 is 0 Å². The van der Waals surface area contributed by atoms with Crippen LogP contribution in [-0.4, -0.2) is 17.8 Å². The van der Waals surface area contributed by atoms with Gasteiger partial charge in [-0.05, 0) is 80.4 Å². The van der Waals surface area contributed by atoms with Crippen LogP contribution in [0.5, 0.6) is 5.75 Å². The van der Waals surface area contributed by atoms with Crippen LogP contribution >= 0.6 is 12.2 Å². The van der Waals surface area contributed by atoms with Crippen molar-refractivity contribution in [1.29, 1.82) is 0 Å². The quantitative estimate of drug-likeness (QED) is 0.751. The van der Waals surface area contributed by atoms with E-state index in [0.29, 0.717) is 11.7 Å². The van der Waals surface area contributed by atoms with Gasteiger partial charge in [-0.2, -0.15) is 0 Å². The van der Waals surface area contributed by atoms with E-state index in [2.05, 4.69) is 62.6 Å². The summed E-state index contributed by atoms with van der Waals surface area (Å²) < 4.78 is 5.84. The van der Waals surface area contributed by atoms with Crippen LogP contribution in [0.15, 0.2) is 42.5 Å². The van der Waals surface area contributed by atoms with Crippen LogP contribution in [-0.2, 0) is 6.42 Å². The molecular formula is C20H26N2OS. The van der Waals surface area contributed by atoms with Crippen LogP contribution < -0.4 is 15.4 Å². The van der Waals surface area contributed by atoms with Gasteiger partial charge in [0.25, 0.3) is 0 Å². The topological polar surface area (TPSA) is 33.3 Å². The number of anilines is 1. The number of hydrogen-bond donors (Lipinski definition) is 2. The van der Waals surface area contributed by atoms with Crippen molar-refractivity contribution in [2.75, 3.05) is 11.9 Å². The molecule has 0 heterocycles. The monoisotopic (exact) mass is 342 g/mol. The largest absolute Gasteiger partial charge is 0.491 e. The summed E-state index contributed by atoms with van der Waals surface area (Å²) in [6.07, 6.45) is 1.04. The van der Waals surface area contributed by atoms with E-state index < -0.39 is 0 Å². The smallest absolute Gasteiger partial charge is 0.171 e. The van der Waals surface area contributed by atoms with Crippen LogP contribution in [0.3, 0.4) is 0 Å². The minimum Gasteiger partial charge on any atom is -0.491 e. The molecule has 2 aromatic rings. The number of nitrogens with one attached hydrogen (secondary N) is 2. The average molecular weight is 343 g/mol. The Morgan fingerprint density at radius 2 is 1.79 bits per heavy atom. The van der Waals surface area contributed by atoms with E-state index in [1.54, 1.807) is 0 Å². The minimum absolute atomic E-state index is 0.113. The summed E-state index contributed by atoms with van der Waals surface area (Å²) in [5, 5.41) is 7.06. The number of hydrogen-bond acceptors (Lipinski definition) is 2. The zero-order valence-corrected chi connectivity index (χ0v) is 15.7. The zero-order valence-electron chi connectivity index (χ0n) is 14.8. The first kappa shape index (κ1) is 18.3. The first-order valence-electron chi connectivity index (χ1n) is 8.34. The van der Waals surface area contributed by atoms with E-state index in [1.807, 2.05) is 18.2 Å². The zero-order chi connectivity index (χ0) is 17.5. The number of benzene rings is 2. The molecule has 0 unspecified atom stereocenters. The summed E-state index contributed by atoms with van der Waals surface area (Å²) in [5.74, 6) is 0.890. The predicted octanol–water partition coefficient (Wildman–Crippen LogP) is 4.62. The summed E-state index contributed by atoms with van der Waals surface area (Å²) in [6.45, 7) is 8.94. The maximum Gasteiger partial charge on any atom is 0.171 e. The lowest BCUT2D eigenvalue weighted by molar-refractivity contribution is 0.287. The van der Waals surface area contributed by atoms with E-state index in [0.717, 1.165) is 17.9 Å². The van der Waals surface area contributed by atoms with Crippen molar-refractivity contribution in [1.82, 2.24) is 5.32 Å². The molecule has 0 aliphatic rings. The third-order valence-corrected chi connectivity index (χ3v) is 4.20. The Morgan fingerprint density at radius 3 is 2.42 bits per heavy atom. The Morgan fingerprint density at radius 1 is 1.08 bits per heavy atom. The first-order valence-corrected chi connectivity index (χ1v) is 8.75. The number of rotatable bonds is 6. The molecule has 0 fully saturated rings. The van der Waals surface area contributed by atoms with E-state index in [9.17, 15) is 0 Å². The van der Waals surface area contributed by atoms with Crippen LogP contribution in [0.25, 0.3) is 0 Å². The fourth-order valence-electron chi connectivity index (χ4n) is 2.28. The molecule has 0 bridgehead atoms. The van der Waals surface area contributed by atoms with Crippen molar-refractivity contribution in [3.63, 3.8) is 0 Å². The Kier molecular flexibility index (Phi) is 6.62. The van der Waals surface area contributed by atoms with Crippen LogP contribution in [0.4, 0.5) is 5.69 Å². The molecule has 0 radical (unpaired) electrons. The molecule has 2 N–H and O–H groups in total. The summed E-state index contributed by atoms with van der Waals surface area (Å²) in [4.78, 5) is 0. The fourth-order valence-corrected chi connectivity index (χ4v) is 2.60. The lowest BCUT2D eigenvalue weighted by Crippen LogP contribution is -2.39. The van der Waals surface area contributed by atoms with Gasteiger partial charge in [0.05, 0.1) is 6.04 Å². The molecule has 0 aliphatic carbocycles. The molecular weight excluding hydrogens is 316 g/mol. The standard InChI is InChI=1S/C20H26N2OS/c1-5-17-7-9-18(10-8-17)22-20(24)21-16(4)13-23-19-11-6-14(2)15(3)12-19/h6-12,16H,5,13H2,1-4H3,(H2,21,22,24)/t16-/m1/s1. The van der Waals surface area contributed by atoms with Gasteiger partial charge in [0, 0.05) is 5.69 Å². The van der Waals surface area contributed by atoms with Crippen molar-refractivity contribution in [2.45, 2.75) is 40.2 Å². The predicted molar refractivity (Wildman–Crippen MR) is 106 cm³/mol. The second-order valence-electron chi connectivity index (χ2n) is 6.11. The molecule has 0 aliphatic heterocycles. The maximum absolute atomic E-state index is 5.84. The lowest BCUT2D eigenvalue weighted by atomic mass is 10.1. The third-order valence-electron chi connectivity index (χ3n) is 3.98. The molecule has 0 saturated carbocycles. The van der Waals surface area contributed by atoms with Gasteiger partial charge in [0.2, 0.25) is 0 Å². The first-order chi connectivity index (χ1) is 11.5. The molecule has 0 spiro atoms. The van der Waals surface area contributed by atoms with Gasteiger partial charge in [-0.1, -0.05) is 25.1 Å². The average Bonchev–Trinajstić information content (AvgIpc) is 2.56. The van der Waals surface area contributed by atoms with E-state index in [-0.39, 0.29) is 6.04 Å². The highest BCUT2D eigenvalue weighted by Gasteiger charge is 2.06. The van der Waals surface area contributed by atoms with Crippen molar-refractivity contribution in [2.24, 2.45) is 0 Å². The Balaban J connectivity index is 1.79. The van der Waals surface area contributed by atoms with Gasteiger partial charge < -0.3 is 15.4 Å². The summed E-state index contributed by atoms with van der Waals surface area (Å²) in [6, 6.07) is 14.6. The summed E-state index contributed by atoms with van der Waals surface area (Å²) in [7, 11) is 0. The highest BCUT2D eigenvalue weighted by atomic mass is 32.1. The third kappa shape index (κ3) is 5.53.